The van der Waals surface area contributed by atoms with Crippen LogP contribution in [0.5, 0.6) is 0 Å². The first-order valence-corrected chi connectivity index (χ1v) is 6.93. The molecule has 110 valence electrons. The van der Waals surface area contributed by atoms with Gasteiger partial charge in [0.1, 0.15) is 0 Å². The van der Waals surface area contributed by atoms with Crippen molar-refractivity contribution in [1.29, 1.82) is 0 Å². The highest BCUT2D eigenvalue weighted by atomic mass is 19.1. The number of carbonyl (C=O) groups is 1. The molecule has 1 N–H and O–H groups in total. The molecule has 2 rings (SSSR count). The van der Waals surface area contributed by atoms with Crippen LogP contribution in [0.25, 0.3) is 0 Å². The molecule has 1 aromatic heterocycles. The van der Waals surface area contributed by atoms with E-state index in [1.54, 1.807) is 0 Å². The Morgan fingerprint density at radius 2 is 2.50 bits per heavy atom. The maximum Gasteiger partial charge on any atom is 0.272 e. The van der Waals surface area contributed by atoms with E-state index in [1.807, 2.05) is 0 Å². The van der Waals surface area contributed by atoms with Gasteiger partial charge in [0.2, 0.25) is 0 Å². The fourth-order valence-corrected chi connectivity index (χ4v) is 2.19. The van der Waals surface area contributed by atoms with Gasteiger partial charge in [-0.2, -0.15) is 0 Å². The van der Waals surface area contributed by atoms with Gasteiger partial charge >= 0.3 is 0 Å². The predicted octanol–water partition coefficient (Wildman–Crippen LogP) is 1.06. The Bertz CT molecular complexity index is 456. The van der Waals surface area contributed by atoms with Crippen LogP contribution in [0.15, 0.2) is 18.3 Å². The lowest BCUT2D eigenvalue weighted by Gasteiger charge is -2.32. The second kappa shape index (κ2) is 7.31. The van der Waals surface area contributed by atoms with Crippen molar-refractivity contribution in [2.24, 2.45) is 0 Å². The van der Waals surface area contributed by atoms with Gasteiger partial charge in [-0.05, 0) is 18.6 Å². The molecule has 0 aliphatic carbocycles. The maximum absolute atomic E-state index is 13.4. The number of morpholine rings is 1. The molecule has 1 atom stereocenters. The molecule has 6 heteroatoms. The van der Waals surface area contributed by atoms with Crippen LogP contribution in [0, 0.1) is 5.82 Å². The first-order chi connectivity index (χ1) is 9.70. The van der Waals surface area contributed by atoms with E-state index >= 15 is 0 Å². The highest BCUT2D eigenvalue weighted by molar-refractivity contribution is 5.92. The van der Waals surface area contributed by atoms with Crippen LogP contribution in [-0.4, -0.2) is 54.7 Å². The monoisotopic (exact) mass is 281 g/mol. The molecule has 0 radical (unpaired) electrons. The second-order valence-electron chi connectivity index (χ2n) is 4.79. The summed E-state index contributed by atoms with van der Waals surface area (Å²) in [6.07, 6.45) is 2.67. The standard InChI is InChI=1S/C14H20FN3O2/c1-2-11-10-18(8-9-20-11)7-6-17-14(19)13-12(15)4-3-5-16-13/h3-5,11H,2,6-10H2,1H3,(H,17,19). The summed E-state index contributed by atoms with van der Waals surface area (Å²) in [5.74, 6) is -1.06. The zero-order valence-electron chi connectivity index (χ0n) is 11.6. The van der Waals surface area contributed by atoms with E-state index in [1.165, 1.54) is 18.3 Å². The molecule has 0 spiro atoms. The van der Waals surface area contributed by atoms with Crippen LogP contribution < -0.4 is 5.32 Å². The molecule has 1 aliphatic rings. The first-order valence-electron chi connectivity index (χ1n) is 6.93. The number of aromatic nitrogens is 1. The lowest BCUT2D eigenvalue weighted by Crippen LogP contribution is -2.45. The van der Waals surface area contributed by atoms with Crippen LogP contribution in [0.1, 0.15) is 23.8 Å². The first kappa shape index (κ1) is 14.9. The largest absolute Gasteiger partial charge is 0.376 e. The predicted molar refractivity (Wildman–Crippen MR) is 73.0 cm³/mol. The number of pyridine rings is 1. The van der Waals surface area contributed by atoms with Gasteiger partial charge in [-0.3, -0.25) is 9.69 Å². The quantitative estimate of drug-likeness (QED) is 0.877. The van der Waals surface area contributed by atoms with Gasteiger partial charge in [0.25, 0.3) is 5.91 Å². The minimum Gasteiger partial charge on any atom is -0.376 e. The third-order valence-electron chi connectivity index (χ3n) is 3.37. The number of hydrogen-bond donors (Lipinski definition) is 1. The average molecular weight is 281 g/mol. The number of rotatable bonds is 5. The second-order valence-corrected chi connectivity index (χ2v) is 4.79. The molecule has 0 saturated carbocycles. The van der Waals surface area contributed by atoms with E-state index in [4.69, 9.17) is 4.74 Å². The van der Waals surface area contributed by atoms with Gasteiger partial charge < -0.3 is 10.1 Å². The highest BCUT2D eigenvalue weighted by Crippen LogP contribution is 2.07. The molecule has 1 aliphatic heterocycles. The Kier molecular flexibility index (Phi) is 5.43. The van der Waals surface area contributed by atoms with Gasteiger partial charge in [0.15, 0.2) is 11.5 Å². The minimum absolute atomic E-state index is 0.152. The Morgan fingerprint density at radius 3 is 3.25 bits per heavy atom. The van der Waals surface area contributed by atoms with E-state index in [9.17, 15) is 9.18 Å². The molecular weight excluding hydrogens is 261 g/mol. The maximum atomic E-state index is 13.4. The van der Waals surface area contributed by atoms with Crippen LogP contribution in [0.4, 0.5) is 4.39 Å². The summed E-state index contributed by atoms with van der Waals surface area (Å²) in [6.45, 7) is 5.78. The Labute approximate surface area is 118 Å². The van der Waals surface area contributed by atoms with Crippen LogP contribution in [0.3, 0.4) is 0 Å². The number of amides is 1. The third-order valence-corrected chi connectivity index (χ3v) is 3.37. The summed E-state index contributed by atoms with van der Waals surface area (Å²) in [7, 11) is 0. The number of carbonyl (C=O) groups excluding carboxylic acids is 1. The summed E-state index contributed by atoms with van der Waals surface area (Å²) in [5, 5.41) is 2.70. The lowest BCUT2D eigenvalue weighted by molar-refractivity contribution is -0.0289. The van der Waals surface area contributed by atoms with E-state index in [0.29, 0.717) is 6.54 Å². The Balaban J connectivity index is 1.76. The van der Waals surface area contributed by atoms with Gasteiger partial charge in [-0.1, -0.05) is 6.92 Å². The molecule has 1 aromatic rings. The van der Waals surface area contributed by atoms with Crippen LogP contribution in [0.2, 0.25) is 0 Å². The molecular formula is C14H20FN3O2. The summed E-state index contributed by atoms with van der Waals surface area (Å²) >= 11 is 0. The fourth-order valence-electron chi connectivity index (χ4n) is 2.19. The molecule has 1 fully saturated rings. The Hall–Kier alpha value is -1.53. The van der Waals surface area contributed by atoms with E-state index in [2.05, 4.69) is 22.1 Å². The minimum atomic E-state index is -0.595. The molecule has 1 amide bonds. The van der Waals surface area contributed by atoms with Crippen molar-refractivity contribution in [2.45, 2.75) is 19.4 Å². The average Bonchev–Trinajstić information content (AvgIpc) is 2.48. The van der Waals surface area contributed by atoms with Crippen molar-refractivity contribution in [3.63, 3.8) is 0 Å². The summed E-state index contributed by atoms with van der Waals surface area (Å²) in [4.78, 5) is 17.8. The van der Waals surface area contributed by atoms with Crippen LogP contribution in [-0.2, 0) is 4.74 Å². The van der Waals surface area contributed by atoms with Crippen LogP contribution >= 0.6 is 0 Å². The number of nitrogens with zero attached hydrogens (tertiary/aromatic N) is 2. The van der Waals surface area contributed by atoms with Crippen molar-refractivity contribution in [1.82, 2.24) is 15.2 Å². The number of halogens is 1. The van der Waals surface area contributed by atoms with Gasteiger partial charge in [0.05, 0.1) is 12.7 Å². The smallest absolute Gasteiger partial charge is 0.272 e. The van der Waals surface area contributed by atoms with E-state index in [-0.39, 0.29) is 11.8 Å². The number of nitrogens with one attached hydrogen (secondary N) is 1. The zero-order chi connectivity index (χ0) is 14.4. The highest BCUT2D eigenvalue weighted by Gasteiger charge is 2.19. The molecule has 20 heavy (non-hydrogen) atoms. The van der Waals surface area contributed by atoms with E-state index < -0.39 is 11.7 Å². The van der Waals surface area contributed by atoms with Gasteiger partial charge in [-0.25, -0.2) is 9.37 Å². The van der Waals surface area contributed by atoms with Crippen molar-refractivity contribution >= 4 is 5.91 Å². The van der Waals surface area contributed by atoms with Crippen molar-refractivity contribution in [3.8, 4) is 0 Å². The molecule has 1 unspecified atom stereocenters. The van der Waals surface area contributed by atoms with Crippen molar-refractivity contribution < 1.29 is 13.9 Å². The zero-order valence-corrected chi connectivity index (χ0v) is 11.6. The molecule has 0 bridgehead atoms. The molecule has 2 heterocycles. The molecule has 1 saturated heterocycles. The topological polar surface area (TPSA) is 54.5 Å². The van der Waals surface area contributed by atoms with Crippen molar-refractivity contribution in [2.75, 3.05) is 32.8 Å². The van der Waals surface area contributed by atoms with Gasteiger partial charge in [-0.15, -0.1) is 0 Å². The summed E-state index contributed by atoms with van der Waals surface area (Å²) in [6, 6.07) is 2.69. The normalized spacial score (nSPS) is 19.8. The lowest BCUT2D eigenvalue weighted by atomic mass is 10.2. The summed E-state index contributed by atoms with van der Waals surface area (Å²) in [5.41, 5.74) is -0.152. The van der Waals surface area contributed by atoms with Gasteiger partial charge in [0, 0.05) is 32.4 Å². The number of ether oxygens (including phenoxy) is 1. The Morgan fingerprint density at radius 1 is 1.65 bits per heavy atom. The van der Waals surface area contributed by atoms with Crippen molar-refractivity contribution in [3.05, 3.63) is 29.8 Å². The SMILES string of the molecule is CCC1CN(CCNC(=O)c2ncccc2F)CCO1. The number of hydrogen-bond acceptors (Lipinski definition) is 4. The third kappa shape index (κ3) is 3.98. The molecule has 0 aromatic carbocycles. The summed E-state index contributed by atoms with van der Waals surface area (Å²) < 4.78 is 18.9. The fraction of sp³-hybridized carbons (Fsp3) is 0.571. The molecule has 5 nitrogen and oxygen atoms in total. The van der Waals surface area contributed by atoms with E-state index in [0.717, 1.165) is 32.7 Å².